The highest BCUT2D eigenvalue weighted by Crippen LogP contribution is 2.27. The Morgan fingerprint density at radius 1 is 0.833 bits per heavy atom. The van der Waals surface area contributed by atoms with E-state index in [1.807, 2.05) is 44.2 Å². The van der Waals surface area contributed by atoms with Crippen LogP contribution in [0.1, 0.15) is 33.3 Å². The summed E-state index contributed by atoms with van der Waals surface area (Å²) in [7, 11) is 2.27. The van der Waals surface area contributed by atoms with Crippen molar-refractivity contribution >= 4 is 12.9 Å². The van der Waals surface area contributed by atoms with E-state index in [4.69, 9.17) is 14.1 Å². The zero-order valence-corrected chi connectivity index (χ0v) is 15.3. The maximum atomic E-state index is 6.08. The molecule has 0 heterocycles. The predicted octanol–water partition coefficient (Wildman–Crippen LogP) is 3.46. The minimum atomic E-state index is -0.378. The van der Waals surface area contributed by atoms with Crippen LogP contribution >= 0.6 is 0 Å². The first-order valence-corrected chi connectivity index (χ1v) is 8.29. The lowest BCUT2D eigenvalue weighted by Gasteiger charge is -2.40. The van der Waals surface area contributed by atoms with Gasteiger partial charge in [0.15, 0.2) is 0 Å². The highest BCUT2D eigenvalue weighted by atomic mass is 16.5. The first-order chi connectivity index (χ1) is 11.3. The van der Waals surface area contributed by atoms with Crippen LogP contribution in [0.25, 0.3) is 0 Å². The van der Waals surface area contributed by atoms with E-state index in [9.17, 15) is 0 Å². The molecule has 2 rings (SSSR count). The maximum absolute atomic E-state index is 6.08. The Balaban J connectivity index is 1.88. The third-order valence-electron chi connectivity index (χ3n) is 4.73. The quantitative estimate of drug-likeness (QED) is 0.695. The van der Waals surface area contributed by atoms with E-state index in [1.54, 1.807) is 7.11 Å². The van der Waals surface area contributed by atoms with Crippen LogP contribution in [0, 0.1) is 0 Å². The predicted molar refractivity (Wildman–Crippen MR) is 100 cm³/mol. The van der Waals surface area contributed by atoms with Gasteiger partial charge in [0.2, 0.25) is 0 Å². The van der Waals surface area contributed by atoms with E-state index in [-0.39, 0.29) is 11.2 Å². The minimum Gasteiger partial charge on any atom is -0.489 e. The monoisotopic (exact) mass is 326 g/mol. The normalized spacial score (nSPS) is 12.0. The minimum absolute atomic E-state index is 0.351. The van der Waals surface area contributed by atoms with E-state index in [1.165, 1.54) is 0 Å². The van der Waals surface area contributed by atoms with E-state index in [0.717, 1.165) is 16.8 Å². The summed E-state index contributed by atoms with van der Waals surface area (Å²) in [6, 6.07) is 18.2. The largest absolute Gasteiger partial charge is 0.489 e. The van der Waals surface area contributed by atoms with Crippen LogP contribution < -0.4 is 10.2 Å². The summed E-state index contributed by atoms with van der Waals surface area (Å²) in [6.07, 6.45) is 0. The molecule has 2 aromatic carbocycles. The number of methoxy groups -OCH3 is 1. The van der Waals surface area contributed by atoms with Gasteiger partial charge in [-0.1, -0.05) is 47.9 Å². The lowest BCUT2D eigenvalue weighted by molar-refractivity contribution is -0.114. The molecule has 0 fully saturated rings. The van der Waals surface area contributed by atoms with Gasteiger partial charge in [0.25, 0.3) is 0 Å². The molecule has 3 nitrogen and oxygen atoms in total. The van der Waals surface area contributed by atoms with Crippen LogP contribution in [-0.2, 0) is 16.0 Å². The fourth-order valence-electron chi connectivity index (χ4n) is 2.10. The average Bonchev–Trinajstić information content (AvgIpc) is 2.60. The Kier molecular flexibility index (Phi) is 6.08. The van der Waals surface area contributed by atoms with Crippen molar-refractivity contribution in [1.82, 2.24) is 0 Å². The van der Waals surface area contributed by atoms with Gasteiger partial charge in [-0.3, -0.25) is 0 Å². The van der Waals surface area contributed by atoms with Gasteiger partial charge in [0.05, 0.1) is 11.2 Å². The fourth-order valence-corrected chi connectivity index (χ4v) is 2.10. The smallest absolute Gasteiger partial charge is 0.309 e. The van der Waals surface area contributed by atoms with Gasteiger partial charge in [0.1, 0.15) is 12.4 Å². The number of hydrogen-bond donors (Lipinski definition) is 0. The lowest BCUT2D eigenvalue weighted by Crippen LogP contribution is -2.50. The molecule has 128 valence electrons. The molecule has 0 unspecified atom stereocenters. The Labute approximate surface area is 146 Å². The number of para-hydroxylation sites is 1. The van der Waals surface area contributed by atoms with Gasteiger partial charge in [0, 0.05) is 7.11 Å². The van der Waals surface area contributed by atoms with Crippen molar-refractivity contribution in [2.75, 3.05) is 7.11 Å². The summed E-state index contributed by atoms with van der Waals surface area (Å²) in [4.78, 5) is 0. The molecule has 0 aliphatic carbocycles. The second-order valence-electron chi connectivity index (χ2n) is 6.93. The molecule has 24 heavy (non-hydrogen) atoms. The molecular weight excluding hydrogens is 299 g/mol. The number of benzene rings is 2. The van der Waals surface area contributed by atoms with Crippen LogP contribution in [0.4, 0.5) is 0 Å². The summed E-state index contributed by atoms with van der Waals surface area (Å²) in [6.45, 7) is 8.75. The Hall–Kier alpha value is -1.78. The summed E-state index contributed by atoms with van der Waals surface area (Å²) in [5.74, 6) is 0.883. The molecule has 0 N–H and O–H groups in total. The molecule has 2 aromatic rings. The molecule has 0 aromatic heterocycles. The number of ether oxygens (including phenoxy) is 2. The van der Waals surface area contributed by atoms with Gasteiger partial charge in [-0.25, -0.2) is 0 Å². The van der Waals surface area contributed by atoms with Crippen molar-refractivity contribution in [1.29, 1.82) is 0 Å². The summed E-state index contributed by atoms with van der Waals surface area (Å²) in [5, 5.41) is 0. The second-order valence-corrected chi connectivity index (χ2v) is 6.93. The molecule has 0 atom stereocenters. The Bertz CT molecular complexity index is 621. The highest BCUT2D eigenvalue weighted by Gasteiger charge is 2.37. The molecule has 0 amide bonds. The van der Waals surface area contributed by atoms with Crippen LogP contribution in [0.15, 0.2) is 54.6 Å². The van der Waals surface area contributed by atoms with Crippen molar-refractivity contribution in [2.45, 2.75) is 45.5 Å². The van der Waals surface area contributed by atoms with Crippen LogP contribution in [0.3, 0.4) is 0 Å². The van der Waals surface area contributed by atoms with Crippen molar-refractivity contribution in [3.63, 3.8) is 0 Å². The first-order valence-electron chi connectivity index (χ1n) is 8.29. The van der Waals surface area contributed by atoms with Gasteiger partial charge >= 0.3 is 7.48 Å². The van der Waals surface area contributed by atoms with Crippen LogP contribution in [-0.4, -0.2) is 25.8 Å². The molecule has 0 radical (unpaired) electrons. The molecule has 0 saturated heterocycles. The van der Waals surface area contributed by atoms with Crippen molar-refractivity contribution in [3.8, 4) is 5.75 Å². The van der Waals surface area contributed by atoms with E-state index in [2.05, 4.69) is 38.1 Å². The highest BCUT2D eigenvalue weighted by molar-refractivity contribution is 6.47. The van der Waals surface area contributed by atoms with Crippen LogP contribution in [0.5, 0.6) is 5.75 Å². The van der Waals surface area contributed by atoms with Gasteiger partial charge in [-0.2, -0.15) is 0 Å². The molecule has 4 heteroatoms. The van der Waals surface area contributed by atoms with E-state index >= 15 is 0 Å². The average molecular weight is 326 g/mol. The standard InChI is InChI=1S/C20H27BO3/c1-19(2,22-5)20(3,4)24-21-17-13-11-16(12-14-17)15-23-18-9-7-6-8-10-18/h6-14,21H,15H2,1-5H3. The molecule has 0 bridgehead atoms. The van der Waals surface area contributed by atoms with Crippen molar-refractivity contribution in [3.05, 3.63) is 60.2 Å². The summed E-state index contributed by atoms with van der Waals surface area (Å²) < 4.78 is 17.4. The number of hydrogen-bond acceptors (Lipinski definition) is 3. The van der Waals surface area contributed by atoms with Gasteiger partial charge in [-0.15, -0.1) is 0 Å². The zero-order chi connectivity index (χ0) is 17.6. The Morgan fingerprint density at radius 2 is 1.46 bits per heavy atom. The molecule has 0 spiro atoms. The molecule has 0 aliphatic rings. The molecule has 0 saturated carbocycles. The number of rotatable bonds is 8. The zero-order valence-electron chi connectivity index (χ0n) is 15.3. The van der Waals surface area contributed by atoms with Crippen LogP contribution in [0.2, 0.25) is 0 Å². The topological polar surface area (TPSA) is 27.7 Å². The SMILES string of the molecule is COC(C)(C)C(C)(C)OBc1ccc(COc2ccccc2)cc1. The summed E-state index contributed by atoms with van der Waals surface area (Å²) in [5.41, 5.74) is 1.55. The fraction of sp³-hybridized carbons (Fsp3) is 0.400. The second kappa shape index (κ2) is 7.86. The van der Waals surface area contributed by atoms with Crippen molar-refractivity contribution in [2.24, 2.45) is 0 Å². The van der Waals surface area contributed by atoms with Gasteiger partial charge in [-0.05, 0) is 45.4 Å². The molecule has 0 aliphatic heterocycles. The third-order valence-corrected chi connectivity index (χ3v) is 4.73. The summed E-state index contributed by atoms with van der Waals surface area (Å²) >= 11 is 0. The third kappa shape index (κ3) is 4.86. The van der Waals surface area contributed by atoms with Gasteiger partial charge < -0.3 is 14.1 Å². The Morgan fingerprint density at radius 3 is 2.04 bits per heavy atom. The maximum Gasteiger partial charge on any atom is 0.309 e. The first kappa shape index (κ1) is 18.6. The van der Waals surface area contributed by atoms with E-state index < -0.39 is 0 Å². The van der Waals surface area contributed by atoms with Crippen molar-refractivity contribution < 1.29 is 14.1 Å². The lowest BCUT2D eigenvalue weighted by atomic mass is 9.82. The van der Waals surface area contributed by atoms with E-state index in [0.29, 0.717) is 14.1 Å². The molecular formula is C20H27BO3.